The first-order valence-corrected chi connectivity index (χ1v) is 8.66. The molecule has 4 atom stereocenters. The summed E-state index contributed by atoms with van der Waals surface area (Å²) >= 11 is 0. The van der Waals surface area contributed by atoms with Crippen LogP contribution in [0.3, 0.4) is 0 Å². The van der Waals surface area contributed by atoms with Crippen molar-refractivity contribution in [3.8, 4) is 0 Å². The van der Waals surface area contributed by atoms with Crippen molar-refractivity contribution < 1.29 is 29.1 Å². The van der Waals surface area contributed by atoms with Gasteiger partial charge in [0.2, 0.25) is 23.6 Å². The fraction of sp³-hybridized carbons (Fsp3) is 0.500. The zero-order chi connectivity index (χ0) is 22.1. The highest BCUT2D eigenvalue weighted by atomic mass is 16.4. The first-order valence-electron chi connectivity index (χ1n) is 8.66. The summed E-state index contributed by atoms with van der Waals surface area (Å²) in [4.78, 5) is 65.2. The molecule has 0 saturated heterocycles. The number of nitrogens with two attached hydrogens (primary N) is 2. The number of rotatable bonds is 11. The number of carboxylic acid groups (broad SMARTS) is 1. The highest BCUT2D eigenvalue weighted by molar-refractivity contribution is 5.95. The van der Waals surface area contributed by atoms with E-state index in [0.29, 0.717) is 5.69 Å². The summed E-state index contributed by atoms with van der Waals surface area (Å²) in [6.07, 6.45) is 2.56. The van der Waals surface area contributed by atoms with Crippen molar-refractivity contribution in [2.75, 3.05) is 0 Å². The van der Waals surface area contributed by atoms with Gasteiger partial charge < -0.3 is 37.5 Å². The number of aromatic amines is 1. The number of carbonyl (C=O) groups excluding carboxylic acids is 4. The van der Waals surface area contributed by atoms with Crippen LogP contribution in [0.4, 0.5) is 0 Å². The maximum Gasteiger partial charge on any atom is 0.325 e. The van der Waals surface area contributed by atoms with Crippen LogP contribution in [0, 0.1) is 0 Å². The van der Waals surface area contributed by atoms with E-state index in [2.05, 4.69) is 25.9 Å². The van der Waals surface area contributed by atoms with Gasteiger partial charge in [0.1, 0.15) is 18.1 Å². The third-order valence-electron chi connectivity index (χ3n) is 3.85. The van der Waals surface area contributed by atoms with Crippen LogP contribution in [0.15, 0.2) is 12.5 Å². The number of carboxylic acids is 1. The molecular formula is C16H25N7O6. The van der Waals surface area contributed by atoms with E-state index in [1.54, 1.807) is 0 Å². The topological polar surface area (TPSA) is 222 Å². The molecule has 0 spiro atoms. The Hall–Kier alpha value is -3.48. The number of aromatic nitrogens is 2. The van der Waals surface area contributed by atoms with Gasteiger partial charge in [-0.3, -0.25) is 24.0 Å². The lowest BCUT2D eigenvalue weighted by Crippen LogP contribution is -2.56. The Morgan fingerprint density at radius 2 is 1.69 bits per heavy atom. The van der Waals surface area contributed by atoms with E-state index in [-0.39, 0.29) is 6.42 Å². The molecule has 1 heterocycles. The number of imidazole rings is 1. The van der Waals surface area contributed by atoms with E-state index in [4.69, 9.17) is 16.6 Å². The van der Waals surface area contributed by atoms with Gasteiger partial charge in [0.25, 0.3) is 0 Å². The maximum atomic E-state index is 12.3. The second-order valence-electron chi connectivity index (χ2n) is 6.42. The first-order chi connectivity index (χ1) is 13.5. The minimum Gasteiger partial charge on any atom is -0.480 e. The molecule has 0 aliphatic rings. The molecular weight excluding hydrogens is 386 g/mol. The fourth-order valence-electron chi connectivity index (χ4n) is 2.19. The van der Waals surface area contributed by atoms with Crippen LogP contribution < -0.4 is 27.4 Å². The second-order valence-corrected chi connectivity index (χ2v) is 6.42. The van der Waals surface area contributed by atoms with Gasteiger partial charge in [-0.2, -0.15) is 0 Å². The van der Waals surface area contributed by atoms with Gasteiger partial charge in [0.15, 0.2) is 0 Å². The predicted octanol–water partition coefficient (Wildman–Crippen LogP) is -3.27. The van der Waals surface area contributed by atoms with Gasteiger partial charge in [-0.05, 0) is 13.8 Å². The number of hydrogen-bond donors (Lipinski definition) is 7. The minimum absolute atomic E-state index is 0.167. The Morgan fingerprint density at radius 1 is 1.07 bits per heavy atom. The highest BCUT2D eigenvalue weighted by Crippen LogP contribution is 1.99. The van der Waals surface area contributed by atoms with Gasteiger partial charge in [-0.1, -0.05) is 0 Å². The van der Waals surface area contributed by atoms with E-state index in [0.717, 1.165) is 0 Å². The summed E-state index contributed by atoms with van der Waals surface area (Å²) in [5.74, 6) is -4.48. The molecule has 13 nitrogen and oxygen atoms in total. The Balaban J connectivity index is 2.67. The molecule has 160 valence electrons. The van der Waals surface area contributed by atoms with E-state index < -0.39 is 60.2 Å². The number of amides is 4. The molecule has 0 radical (unpaired) electrons. The predicted molar refractivity (Wildman–Crippen MR) is 98.9 cm³/mol. The van der Waals surface area contributed by atoms with Crippen molar-refractivity contribution in [1.82, 2.24) is 25.9 Å². The van der Waals surface area contributed by atoms with Gasteiger partial charge in [0, 0.05) is 18.3 Å². The lowest BCUT2D eigenvalue weighted by atomic mass is 10.1. The Kier molecular flexibility index (Phi) is 8.73. The van der Waals surface area contributed by atoms with Gasteiger partial charge in [-0.15, -0.1) is 0 Å². The third-order valence-corrected chi connectivity index (χ3v) is 3.85. The van der Waals surface area contributed by atoms with Crippen molar-refractivity contribution in [3.05, 3.63) is 18.2 Å². The Labute approximate surface area is 166 Å². The number of carbonyl (C=O) groups is 5. The molecule has 1 rings (SSSR count). The summed E-state index contributed by atoms with van der Waals surface area (Å²) in [6.45, 7) is 2.57. The molecule has 9 N–H and O–H groups in total. The minimum atomic E-state index is -1.40. The number of hydrogen-bond acceptors (Lipinski definition) is 7. The molecule has 4 amide bonds. The lowest BCUT2D eigenvalue weighted by Gasteiger charge is -2.22. The molecule has 13 heteroatoms. The van der Waals surface area contributed by atoms with Gasteiger partial charge >= 0.3 is 5.97 Å². The third kappa shape index (κ3) is 7.96. The molecule has 0 aliphatic carbocycles. The summed E-state index contributed by atoms with van der Waals surface area (Å²) < 4.78 is 0. The van der Waals surface area contributed by atoms with Crippen LogP contribution in [-0.4, -0.2) is 68.8 Å². The first kappa shape index (κ1) is 23.6. The van der Waals surface area contributed by atoms with Gasteiger partial charge in [0.05, 0.1) is 18.8 Å². The summed E-state index contributed by atoms with van der Waals surface area (Å²) in [6, 6.07) is -4.69. The van der Waals surface area contributed by atoms with Crippen LogP contribution in [0.2, 0.25) is 0 Å². The smallest absolute Gasteiger partial charge is 0.325 e. The van der Waals surface area contributed by atoms with Crippen LogP contribution in [-0.2, 0) is 30.4 Å². The van der Waals surface area contributed by atoms with Crippen molar-refractivity contribution in [2.24, 2.45) is 11.5 Å². The molecule has 1 aromatic heterocycles. The van der Waals surface area contributed by atoms with E-state index >= 15 is 0 Å². The Bertz CT molecular complexity index is 751. The summed E-state index contributed by atoms with van der Waals surface area (Å²) in [7, 11) is 0. The van der Waals surface area contributed by atoms with E-state index in [1.165, 1.54) is 26.4 Å². The number of aliphatic carboxylic acids is 1. The van der Waals surface area contributed by atoms with Crippen molar-refractivity contribution in [1.29, 1.82) is 0 Å². The zero-order valence-corrected chi connectivity index (χ0v) is 16.0. The zero-order valence-electron chi connectivity index (χ0n) is 16.0. The van der Waals surface area contributed by atoms with Crippen molar-refractivity contribution in [3.63, 3.8) is 0 Å². The standard InChI is InChI=1S/C16H25N7O6/c1-7(21-14(26)10(17)3-9-5-19-6-20-9)13(25)23-11(4-12(18)24)15(27)22-8(2)16(28)29/h5-8,10-11H,3-4,17H2,1-2H3,(H2,18,24)(H,19,20)(H,21,26)(H,22,27)(H,23,25)(H,28,29). The number of nitrogens with zero attached hydrogens (tertiary/aromatic N) is 1. The molecule has 0 fully saturated rings. The van der Waals surface area contributed by atoms with Crippen LogP contribution >= 0.6 is 0 Å². The average Bonchev–Trinajstić information content (AvgIpc) is 3.13. The largest absolute Gasteiger partial charge is 0.480 e. The Morgan fingerprint density at radius 3 is 2.21 bits per heavy atom. The van der Waals surface area contributed by atoms with Crippen LogP contribution in [0.25, 0.3) is 0 Å². The fourth-order valence-corrected chi connectivity index (χ4v) is 2.19. The number of nitrogens with one attached hydrogen (secondary N) is 4. The van der Waals surface area contributed by atoms with E-state index in [9.17, 15) is 24.0 Å². The van der Waals surface area contributed by atoms with Gasteiger partial charge in [-0.25, -0.2) is 4.98 Å². The molecule has 0 aromatic carbocycles. The van der Waals surface area contributed by atoms with Crippen molar-refractivity contribution in [2.45, 2.75) is 50.9 Å². The molecule has 0 aliphatic heterocycles. The number of H-pyrrole nitrogens is 1. The van der Waals surface area contributed by atoms with E-state index in [1.807, 2.05) is 0 Å². The average molecular weight is 411 g/mol. The molecule has 0 bridgehead atoms. The van der Waals surface area contributed by atoms with Crippen LogP contribution in [0.1, 0.15) is 26.0 Å². The number of primary amides is 1. The summed E-state index contributed by atoms with van der Waals surface area (Å²) in [5, 5.41) is 15.6. The lowest BCUT2D eigenvalue weighted by molar-refractivity contribution is -0.142. The molecule has 1 aromatic rings. The molecule has 4 unspecified atom stereocenters. The SMILES string of the molecule is CC(NC(=O)C(CC(N)=O)NC(=O)C(C)NC(=O)C(N)Cc1cnc[nH]1)C(=O)O. The highest BCUT2D eigenvalue weighted by Gasteiger charge is 2.28. The van der Waals surface area contributed by atoms with Crippen LogP contribution in [0.5, 0.6) is 0 Å². The normalized spacial score (nSPS) is 14.7. The maximum absolute atomic E-state index is 12.3. The monoisotopic (exact) mass is 411 g/mol. The molecule has 0 saturated carbocycles. The second kappa shape index (κ2) is 10.8. The van der Waals surface area contributed by atoms with Crippen molar-refractivity contribution >= 4 is 29.6 Å². The quantitative estimate of drug-likeness (QED) is 0.195. The summed E-state index contributed by atoms with van der Waals surface area (Å²) in [5.41, 5.74) is 11.5. The molecule has 29 heavy (non-hydrogen) atoms.